The van der Waals surface area contributed by atoms with Crippen LogP contribution in [0.2, 0.25) is 0 Å². The van der Waals surface area contributed by atoms with Gasteiger partial charge in [-0.2, -0.15) is 0 Å². The van der Waals surface area contributed by atoms with E-state index in [0.717, 1.165) is 0 Å². The van der Waals surface area contributed by atoms with Crippen LogP contribution in [0.4, 0.5) is 20.3 Å². The summed E-state index contributed by atoms with van der Waals surface area (Å²) in [6.45, 7) is 2.88. The number of likely N-dealkylation sites (N-methyl/N-ethyl adjacent to an activating group) is 1. The van der Waals surface area contributed by atoms with Gasteiger partial charge < -0.3 is 20.9 Å². The van der Waals surface area contributed by atoms with E-state index < -0.39 is 35.9 Å². The molecule has 3 N–H and O–H groups in total. The van der Waals surface area contributed by atoms with Crippen molar-refractivity contribution < 1.29 is 18.4 Å². The van der Waals surface area contributed by atoms with Crippen LogP contribution in [-0.2, 0) is 5.66 Å². The number of pyridine rings is 1. The number of fused-ring (bicyclic) bond motifs is 3. The highest BCUT2D eigenvalue weighted by Crippen LogP contribution is 2.43. The molecule has 0 radical (unpaired) electrons. The van der Waals surface area contributed by atoms with Gasteiger partial charge in [0.1, 0.15) is 34.0 Å². The third-order valence-electron chi connectivity index (χ3n) is 6.84. The molecule has 0 unspecified atom stereocenters. The van der Waals surface area contributed by atoms with E-state index in [1.807, 2.05) is 19.0 Å². The molecule has 2 aliphatic rings. The second-order valence-electron chi connectivity index (χ2n) is 9.81. The topological polar surface area (TPSA) is 121 Å². The average molecular weight is 532 g/mol. The van der Waals surface area contributed by atoms with Gasteiger partial charge in [0.2, 0.25) is 5.92 Å². The Bertz CT molecular complexity index is 1460. The summed E-state index contributed by atoms with van der Waals surface area (Å²) in [7, 11) is 3.83. The average Bonchev–Trinajstić information content (AvgIpc) is 3.39. The molecule has 0 bridgehead atoms. The number of carbonyl (C=O) groups excluding carboxylic acids is 2. The number of halogens is 2. The van der Waals surface area contributed by atoms with Crippen LogP contribution in [0.3, 0.4) is 0 Å². The van der Waals surface area contributed by atoms with Crippen LogP contribution in [0.15, 0.2) is 23.3 Å². The van der Waals surface area contributed by atoms with E-state index in [-0.39, 0.29) is 30.1 Å². The van der Waals surface area contributed by atoms with Gasteiger partial charge in [0.05, 0.1) is 10.3 Å². The number of amides is 2. The van der Waals surface area contributed by atoms with Gasteiger partial charge in [-0.3, -0.25) is 19.0 Å². The lowest BCUT2D eigenvalue weighted by atomic mass is 9.86. The number of thiophene rings is 1. The number of hydrogen-bond acceptors (Lipinski definition) is 8. The fourth-order valence-electron chi connectivity index (χ4n) is 4.90. The van der Waals surface area contributed by atoms with Crippen LogP contribution in [-0.4, -0.2) is 64.4 Å². The van der Waals surface area contributed by atoms with Crippen molar-refractivity contribution in [2.24, 2.45) is 0 Å². The standard InChI is InChI=1S/C24H27F2N7O3S/c1-13-10-15(22(36)33-17(13)20(35)31-24(33)6-4-23(25,26)5-7-24)30-18-14-11-16(37-21(14)29-12-28-18)19(34)27-8-9-32(2)3/h10-12H,4-9H2,1-3H3,(H,27,34)(H,31,35)(H,28,29,30). The maximum Gasteiger partial charge on any atom is 0.276 e. The number of carbonyl (C=O) groups is 2. The van der Waals surface area contributed by atoms with Gasteiger partial charge in [-0.05, 0) is 51.6 Å². The summed E-state index contributed by atoms with van der Waals surface area (Å²) in [4.78, 5) is 50.5. The van der Waals surface area contributed by atoms with Gasteiger partial charge in [0.25, 0.3) is 17.4 Å². The van der Waals surface area contributed by atoms with E-state index in [0.29, 0.717) is 39.6 Å². The van der Waals surface area contributed by atoms with Gasteiger partial charge in [-0.15, -0.1) is 11.3 Å². The van der Waals surface area contributed by atoms with Crippen LogP contribution in [0.1, 0.15) is 51.4 Å². The number of hydrogen-bond donors (Lipinski definition) is 3. The summed E-state index contributed by atoms with van der Waals surface area (Å²) in [6, 6.07) is 3.22. The molecular formula is C24H27F2N7O3S. The zero-order valence-electron chi connectivity index (χ0n) is 20.7. The Hall–Kier alpha value is -3.45. The van der Waals surface area contributed by atoms with Crippen LogP contribution in [0.5, 0.6) is 0 Å². The number of alkyl halides is 2. The molecule has 3 aromatic rings. The number of aryl methyl sites for hydroxylation is 1. The predicted molar refractivity (Wildman–Crippen MR) is 136 cm³/mol. The molecule has 196 valence electrons. The molecule has 37 heavy (non-hydrogen) atoms. The number of aromatic nitrogens is 3. The molecule has 2 amide bonds. The highest BCUT2D eigenvalue weighted by Gasteiger charge is 2.51. The molecule has 4 heterocycles. The number of nitrogens with one attached hydrogen (secondary N) is 3. The van der Waals surface area contributed by atoms with E-state index in [1.54, 1.807) is 19.1 Å². The fraction of sp³-hybridized carbons (Fsp3) is 0.458. The van der Waals surface area contributed by atoms with E-state index in [1.165, 1.54) is 22.2 Å². The van der Waals surface area contributed by atoms with Gasteiger partial charge >= 0.3 is 0 Å². The van der Waals surface area contributed by atoms with Crippen LogP contribution in [0, 0.1) is 6.92 Å². The Morgan fingerprint density at radius 1 is 1.19 bits per heavy atom. The maximum absolute atomic E-state index is 13.9. The molecule has 0 aromatic carbocycles. The smallest absolute Gasteiger partial charge is 0.276 e. The van der Waals surface area contributed by atoms with Gasteiger partial charge in [0.15, 0.2) is 0 Å². The molecule has 1 fully saturated rings. The van der Waals surface area contributed by atoms with Crippen molar-refractivity contribution in [3.63, 3.8) is 0 Å². The quantitative estimate of drug-likeness (QED) is 0.447. The van der Waals surface area contributed by atoms with Gasteiger partial charge in [-0.25, -0.2) is 18.7 Å². The normalized spacial score (nSPS) is 17.7. The second-order valence-corrected chi connectivity index (χ2v) is 10.8. The zero-order valence-corrected chi connectivity index (χ0v) is 21.5. The van der Waals surface area contributed by atoms with Gasteiger partial charge in [0, 0.05) is 25.9 Å². The Balaban J connectivity index is 1.49. The van der Waals surface area contributed by atoms with Crippen molar-refractivity contribution >= 4 is 44.9 Å². The van der Waals surface area contributed by atoms with Crippen LogP contribution in [0.25, 0.3) is 10.2 Å². The number of anilines is 2. The predicted octanol–water partition coefficient (Wildman–Crippen LogP) is 2.80. The summed E-state index contributed by atoms with van der Waals surface area (Å²) >= 11 is 1.21. The Morgan fingerprint density at radius 2 is 1.92 bits per heavy atom. The van der Waals surface area contributed by atoms with Crippen molar-refractivity contribution in [1.82, 2.24) is 30.1 Å². The first kappa shape index (κ1) is 25.2. The Kier molecular flexibility index (Phi) is 6.23. The van der Waals surface area contributed by atoms with Crippen molar-refractivity contribution in [3.8, 4) is 0 Å². The molecule has 5 rings (SSSR count). The molecule has 3 aromatic heterocycles. The third kappa shape index (κ3) is 4.57. The minimum absolute atomic E-state index is 0.0455. The Morgan fingerprint density at radius 3 is 2.62 bits per heavy atom. The maximum atomic E-state index is 13.9. The molecular weight excluding hydrogens is 504 g/mol. The largest absolute Gasteiger partial charge is 0.350 e. The lowest BCUT2D eigenvalue weighted by Gasteiger charge is -2.38. The monoisotopic (exact) mass is 531 g/mol. The summed E-state index contributed by atoms with van der Waals surface area (Å²) in [5.41, 5.74) is -0.828. The third-order valence-corrected chi connectivity index (χ3v) is 7.88. The molecule has 1 aliphatic heterocycles. The molecule has 13 heteroatoms. The fourth-order valence-corrected chi connectivity index (χ4v) is 5.82. The first-order valence-corrected chi connectivity index (χ1v) is 12.7. The number of rotatable bonds is 6. The van der Waals surface area contributed by atoms with E-state index >= 15 is 0 Å². The van der Waals surface area contributed by atoms with E-state index in [2.05, 4.69) is 25.9 Å². The second kappa shape index (κ2) is 9.14. The van der Waals surface area contributed by atoms with Crippen molar-refractivity contribution in [2.45, 2.75) is 44.2 Å². The molecule has 10 nitrogen and oxygen atoms in total. The van der Waals surface area contributed by atoms with Gasteiger partial charge in [-0.1, -0.05) is 0 Å². The first-order valence-electron chi connectivity index (χ1n) is 11.9. The molecule has 1 aliphatic carbocycles. The molecule has 1 saturated carbocycles. The highest BCUT2D eigenvalue weighted by molar-refractivity contribution is 7.20. The highest BCUT2D eigenvalue weighted by atomic mass is 32.1. The summed E-state index contributed by atoms with van der Waals surface area (Å²) < 4.78 is 29.2. The minimum atomic E-state index is -2.82. The summed E-state index contributed by atoms with van der Waals surface area (Å²) in [5.74, 6) is -3.18. The lowest BCUT2D eigenvalue weighted by molar-refractivity contribution is -0.0667. The van der Waals surface area contributed by atoms with Crippen molar-refractivity contribution in [2.75, 3.05) is 32.5 Å². The molecule has 1 spiro atoms. The first-order chi connectivity index (χ1) is 17.5. The molecule has 0 atom stereocenters. The molecule has 0 saturated heterocycles. The van der Waals surface area contributed by atoms with Crippen LogP contribution < -0.4 is 21.5 Å². The van der Waals surface area contributed by atoms with Crippen molar-refractivity contribution in [3.05, 3.63) is 44.9 Å². The van der Waals surface area contributed by atoms with E-state index in [4.69, 9.17) is 0 Å². The summed E-state index contributed by atoms with van der Waals surface area (Å²) in [5, 5.41) is 9.28. The van der Waals surface area contributed by atoms with E-state index in [9.17, 15) is 23.2 Å². The van der Waals surface area contributed by atoms with Crippen LogP contribution >= 0.6 is 11.3 Å². The minimum Gasteiger partial charge on any atom is -0.350 e. The van der Waals surface area contributed by atoms with Crippen molar-refractivity contribution in [1.29, 1.82) is 0 Å². The SMILES string of the molecule is Cc1cc(Nc2ncnc3sc(C(=O)NCCN(C)C)cc23)c(=O)n2c1C(=O)NC21CCC(F)(F)CC1. The number of nitrogens with zero attached hydrogens (tertiary/aromatic N) is 4. The zero-order chi connectivity index (χ0) is 26.5. The Labute approximate surface area is 215 Å². The summed E-state index contributed by atoms with van der Waals surface area (Å²) in [6.07, 6.45) is 0.405. The lowest BCUT2D eigenvalue weighted by Crippen LogP contribution is -2.51.